The van der Waals surface area contributed by atoms with Crippen LogP contribution in [0.1, 0.15) is 42.6 Å². The topological polar surface area (TPSA) is 29.1 Å². The third kappa shape index (κ3) is 4.11. The van der Waals surface area contributed by atoms with Crippen LogP contribution in [0.4, 0.5) is 0 Å². The van der Waals surface area contributed by atoms with E-state index in [-0.39, 0.29) is 5.91 Å². The highest BCUT2D eigenvalue weighted by Gasteiger charge is 2.17. The first-order chi connectivity index (χ1) is 8.10. The Balaban J connectivity index is 2.46. The van der Waals surface area contributed by atoms with Crippen LogP contribution in [-0.4, -0.2) is 17.3 Å². The van der Waals surface area contributed by atoms with Gasteiger partial charge in [0.1, 0.15) is 0 Å². The Morgan fingerprint density at radius 1 is 1.41 bits per heavy atom. The minimum atomic E-state index is 0.0409. The van der Waals surface area contributed by atoms with Gasteiger partial charge in [0, 0.05) is 16.8 Å². The highest BCUT2D eigenvalue weighted by Crippen LogP contribution is 2.20. The minimum absolute atomic E-state index is 0.0409. The number of hydrogen-bond donors (Lipinski definition) is 1. The van der Waals surface area contributed by atoms with E-state index in [1.165, 1.54) is 0 Å². The fraction of sp³-hybridized carbons (Fsp3) is 0.615. The summed E-state index contributed by atoms with van der Waals surface area (Å²) in [6.07, 6.45) is 2.28. The number of rotatable bonds is 6. The highest BCUT2D eigenvalue weighted by molar-refractivity contribution is 9.09. The van der Waals surface area contributed by atoms with Gasteiger partial charge < -0.3 is 5.32 Å². The molecule has 1 rings (SSSR count). The molecule has 0 aliphatic carbocycles. The smallest absolute Gasteiger partial charge is 0.252 e. The quantitative estimate of drug-likeness (QED) is 0.790. The zero-order valence-electron chi connectivity index (χ0n) is 10.6. The molecule has 1 atom stereocenters. The summed E-state index contributed by atoms with van der Waals surface area (Å²) in [4.78, 5) is 12.3. The van der Waals surface area contributed by atoms with Crippen LogP contribution < -0.4 is 5.32 Å². The molecule has 0 saturated heterocycles. The molecule has 17 heavy (non-hydrogen) atoms. The van der Waals surface area contributed by atoms with Crippen molar-refractivity contribution in [1.29, 1.82) is 0 Å². The van der Waals surface area contributed by atoms with Crippen molar-refractivity contribution >= 4 is 33.2 Å². The summed E-state index contributed by atoms with van der Waals surface area (Å²) in [5.74, 6) is 0.665. The normalized spacial score (nSPS) is 12.8. The van der Waals surface area contributed by atoms with E-state index in [1.54, 1.807) is 11.3 Å². The number of carbonyl (C=O) groups excluding carboxylic acids is 1. The van der Waals surface area contributed by atoms with Gasteiger partial charge in [0.25, 0.3) is 5.91 Å². The number of aryl methyl sites for hydroxylation is 1. The van der Waals surface area contributed by atoms with Gasteiger partial charge in [0.15, 0.2) is 0 Å². The van der Waals surface area contributed by atoms with Crippen LogP contribution in [0.5, 0.6) is 0 Å². The summed E-state index contributed by atoms with van der Waals surface area (Å²) >= 11 is 5.23. The summed E-state index contributed by atoms with van der Waals surface area (Å²) in [6, 6.07) is 0. The molecule has 1 heterocycles. The van der Waals surface area contributed by atoms with Gasteiger partial charge >= 0.3 is 0 Å². The van der Waals surface area contributed by atoms with Crippen LogP contribution in [0.2, 0.25) is 0 Å². The number of hydrogen-bond acceptors (Lipinski definition) is 2. The molecule has 0 aliphatic heterocycles. The fourth-order valence-electron chi connectivity index (χ4n) is 1.85. The second kappa shape index (κ2) is 7.17. The standard InChI is InChI=1S/C13H20BrNOS/c1-4-10(5-2)12(14)6-15-13(16)11-8-17-7-9(11)3/h7-8,10,12H,4-6H2,1-3H3,(H,15,16). The summed E-state index contributed by atoms with van der Waals surface area (Å²) in [7, 11) is 0. The molecule has 0 aliphatic rings. The largest absolute Gasteiger partial charge is 0.351 e. The van der Waals surface area contributed by atoms with Gasteiger partial charge in [-0.2, -0.15) is 11.3 Å². The Kier molecular flexibility index (Phi) is 6.20. The molecule has 1 amide bonds. The van der Waals surface area contributed by atoms with Crippen molar-refractivity contribution in [3.63, 3.8) is 0 Å². The molecule has 4 heteroatoms. The number of thiophene rings is 1. The van der Waals surface area contributed by atoms with Crippen LogP contribution in [-0.2, 0) is 0 Å². The van der Waals surface area contributed by atoms with Gasteiger partial charge in [-0.1, -0.05) is 42.6 Å². The summed E-state index contributed by atoms with van der Waals surface area (Å²) in [5, 5.41) is 6.90. The third-order valence-electron chi connectivity index (χ3n) is 3.12. The maximum atomic E-state index is 11.9. The Labute approximate surface area is 116 Å². The lowest BCUT2D eigenvalue weighted by atomic mass is 9.99. The van der Waals surface area contributed by atoms with Crippen molar-refractivity contribution in [3.8, 4) is 0 Å². The fourth-order valence-corrected chi connectivity index (χ4v) is 3.58. The van der Waals surface area contributed by atoms with Gasteiger partial charge in [-0.05, 0) is 23.8 Å². The molecule has 1 N–H and O–H groups in total. The zero-order valence-corrected chi connectivity index (χ0v) is 13.0. The molecule has 2 nitrogen and oxygen atoms in total. The molecule has 0 fully saturated rings. The first-order valence-corrected chi connectivity index (χ1v) is 7.91. The lowest BCUT2D eigenvalue weighted by Crippen LogP contribution is -2.33. The van der Waals surface area contributed by atoms with E-state index >= 15 is 0 Å². The summed E-state index contributed by atoms with van der Waals surface area (Å²) in [6.45, 7) is 7.04. The molecule has 96 valence electrons. The highest BCUT2D eigenvalue weighted by atomic mass is 79.9. The van der Waals surface area contributed by atoms with Crippen LogP contribution in [0.3, 0.4) is 0 Å². The van der Waals surface area contributed by atoms with Gasteiger partial charge in [-0.25, -0.2) is 0 Å². The van der Waals surface area contributed by atoms with Crippen LogP contribution >= 0.6 is 27.3 Å². The van der Waals surface area contributed by atoms with Gasteiger partial charge in [-0.3, -0.25) is 4.79 Å². The van der Waals surface area contributed by atoms with Gasteiger partial charge in [-0.15, -0.1) is 0 Å². The number of carbonyl (C=O) groups is 1. The molecule has 1 aromatic rings. The maximum Gasteiger partial charge on any atom is 0.252 e. The predicted octanol–water partition coefficient (Wildman–Crippen LogP) is 3.99. The zero-order chi connectivity index (χ0) is 12.8. The Morgan fingerprint density at radius 3 is 2.53 bits per heavy atom. The van der Waals surface area contributed by atoms with E-state index in [0.29, 0.717) is 17.3 Å². The summed E-state index contributed by atoms with van der Waals surface area (Å²) < 4.78 is 0. The molecule has 0 saturated carbocycles. The average molecular weight is 318 g/mol. The molecule has 1 aromatic heterocycles. The Hall–Kier alpha value is -0.350. The van der Waals surface area contributed by atoms with Gasteiger partial charge in [0.05, 0.1) is 5.56 Å². The van der Waals surface area contributed by atoms with E-state index in [2.05, 4.69) is 35.1 Å². The molecule has 0 radical (unpaired) electrons. The Morgan fingerprint density at radius 2 is 2.06 bits per heavy atom. The SMILES string of the molecule is CCC(CC)C(Br)CNC(=O)c1cscc1C. The first kappa shape index (κ1) is 14.7. The molecular formula is C13H20BrNOS. The molecule has 0 spiro atoms. The Bertz CT molecular complexity index is 360. The van der Waals surface area contributed by atoms with Crippen molar-refractivity contribution < 1.29 is 4.79 Å². The van der Waals surface area contributed by atoms with E-state index in [0.717, 1.165) is 24.0 Å². The monoisotopic (exact) mass is 317 g/mol. The number of nitrogens with one attached hydrogen (secondary N) is 1. The first-order valence-electron chi connectivity index (χ1n) is 6.05. The van der Waals surface area contributed by atoms with Crippen molar-refractivity contribution in [3.05, 3.63) is 21.9 Å². The lowest BCUT2D eigenvalue weighted by Gasteiger charge is -2.19. The molecule has 0 bridgehead atoms. The van der Waals surface area contributed by atoms with Crippen LogP contribution in [0, 0.1) is 12.8 Å². The van der Waals surface area contributed by atoms with Crippen LogP contribution in [0.15, 0.2) is 10.8 Å². The van der Waals surface area contributed by atoms with E-state index in [9.17, 15) is 4.79 Å². The maximum absolute atomic E-state index is 11.9. The van der Waals surface area contributed by atoms with E-state index in [1.807, 2.05) is 17.7 Å². The van der Waals surface area contributed by atoms with Crippen molar-refractivity contribution in [2.24, 2.45) is 5.92 Å². The number of alkyl halides is 1. The molecular weight excluding hydrogens is 298 g/mol. The predicted molar refractivity (Wildman–Crippen MR) is 78.2 cm³/mol. The van der Waals surface area contributed by atoms with Crippen molar-refractivity contribution in [2.75, 3.05) is 6.54 Å². The lowest BCUT2D eigenvalue weighted by molar-refractivity contribution is 0.0952. The van der Waals surface area contributed by atoms with E-state index < -0.39 is 0 Å². The van der Waals surface area contributed by atoms with Crippen molar-refractivity contribution in [1.82, 2.24) is 5.32 Å². The molecule has 0 aromatic carbocycles. The average Bonchev–Trinajstić information content (AvgIpc) is 2.74. The van der Waals surface area contributed by atoms with E-state index in [4.69, 9.17) is 0 Å². The van der Waals surface area contributed by atoms with Gasteiger partial charge in [0.2, 0.25) is 0 Å². The second-order valence-electron chi connectivity index (χ2n) is 4.27. The number of halogens is 1. The second-order valence-corrected chi connectivity index (χ2v) is 6.19. The minimum Gasteiger partial charge on any atom is -0.351 e. The summed E-state index contributed by atoms with van der Waals surface area (Å²) in [5.41, 5.74) is 1.86. The molecule has 1 unspecified atom stereocenters. The van der Waals surface area contributed by atoms with Crippen LogP contribution in [0.25, 0.3) is 0 Å². The third-order valence-corrected chi connectivity index (χ3v) is 5.05. The number of amides is 1. The van der Waals surface area contributed by atoms with Crippen molar-refractivity contribution in [2.45, 2.75) is 38.4 Å².